The van der Waals surface area contributed by atoms with Crippen molar-refractivity contribution in [2.45, 2.75) is 83.4 Å². The van der Waals surface area contributed by atoms with Crippen molar-refractivity contribution in [3.8, 4) is 0 Å². The summed E-state index contributed by atoms with van der Waals surface area (Å²) >= 11 is 0. The fourth-order valence-electron chi connectivity index (χ4n) is 5.05. The number of esters is 1. The third-order valence-corrected chi connectivity index (χ3v) is 9.86. The Labute approximate surface area is 188 Å². The van der Waals surface area contributed by atoms with Gasteiger partial charge < -0.3 is 4.74 Å². The van der Waals surface area contributed by atoms with E-state index in [2.05, 4.69) is 21.5 Å². The summed E-state index contributed by atoms with van der Waals surface area (Å²) in [6.45, 7) is 7.62. The third kappa shape index (κ3) is 5.32. The molecule has 1 heterocycles. The first-order chi connectivity index (χ1) is 14.5. The van der Waals surface area contributed by atoms with Crippen molar-refractivity contribution in [2.24, 2.45) is 5.92 Å². The summed E-state index contributed by atoms with van der Waals surface area (Å²) in [6.07, 6.45) is 7.34. The second-order valence-electron chi connectivity index (χ2n) is 10.1. The lowest BCUT2D eigenvalue weighted by atomic mass is 9.84. The van der Waals surface area contributed by atoms with Crippen molar-refractivity contribution in [3.05, 3.63) is 47.8 Å². The highest BCUT2D eigenvalue weighted by Gasteiger charge is 2.50. The van der Waals surface area contributed by atoms with Crippen LogP contribution >= 0.6 is 7.44 Å². The van der Waals surface area contributed by atoms with E-state index in [0.29, 0.717) is 18.5 Å². The molecule has 1 saturated carbocycles. The van der Waals surface area contributed by atoms with Gasteiger partial charge in [0.15, 0.2) is 0 Å². The zero-order valence-electron chi connectivity index (χ0n) is 20.0. The number of hydrogen-bond acceptors (Lipinski definition) is 3. The molecular weight excluding hydrogens is 407 g/mol. The Hall–Kier alpha value is -1.42. The molecule has 3 rings (SSSR count). The van der Waals surface area contributed by atoms with E-state index in [1.54, 1.807) is 0 Å². The highest BCUT2D eigenvalue weighted by atomic mass is 31.2. The van der Waals surface area contributed by atoms with Crippen LogP contribution in [0.3, 0.4) is 0 Å². The van der Waals surface area contributed by atoms with E-state index in [9.17, 15) is 9.36 Å². The van der Waals surface area contributed by atoms with Crippen molar-refractivity contribution in [3.63, 3.8) is 0 Å². The number of ether oxygens (including phenoxy) is 1. The first-order valence-electron chi connectivity index (χ1n) is 11.6. The number of carbonyl (C=O) groups is 1. The molecule has 1 aromatic carbocycles. The van der Waals surface area contributed by atoms with E-state index in [1.165, 1.54) is 12.8 Å². The minimum atomic E-state index is -2.72. The molecule has 0 unspecified atom stereocenters. The van der Waals surface area contributed by atoms with Crippen molar-refractivity contribution in [1.82, 2.24) is 9.34 Å². The van der Waals surface area contributed by atoms with Crippen LogP contribution in [-0.4, -0.2) is 47.1 Å². The zero-order chi connectivity index (χ0) is 22.8. The number of carbonyl (C=O) groups excluding carboxylic acids is 1. The molecule has 2 fully saturated rings. The average molecular weight is 447 g/mol. The minimum Gasteiger partial charge on any atom is -0.460 e. The first kappa shape index (κ1) is 24.2. The quantitative estimate of drug-likeness (QED) is 0.394. The molecule has 0 radical (unpaired) electrons. The van der Waals surface area contributed by atoms with Crippen LogP contribution in [0.1, 0.15) is 71.3 Å². The Balaban J connectivity index is 1.79. The summed E-state index contributed by atoms with van der Waals surface area (Å²) in [6, 6.07) is 10.8. The number of fused-ring (bicyclic) bond motifs is 1. The lowest BCUT2D eigenvalue weighted by Crippen LogP contribution is -2.37. The van der Waals surface area contributed by atoms with Crippen molar-refractivity contribution in [1.29, 1.82) is 0 Å². The summed E-state index contributed by atoms with van der Waals surface area (Å²) < 4.78 is 23.8. The molecule has 0 aromatic heterocycles. The molecule has 1 aromatic rings. The lowest BCUT2D eigenvalue weighted by molar-refractivity contribution is -0.160. The molecule has 0 N–H and O–H groups in total. The van der Waals surface area contributed by atoms with Crippen molar-refractivity contribution >= 4 is 13.4 Å². The van der Waals surface area contributed by atoms with Crippen LogP contribution in [-0.2, 0) is 14.1 Å². The number of rotatable bonds is 6. The third-order valence-electron chi connectivity index (χ3n) is 6.86. The van der Waals surface area contributed by atoms with E-state index in [-0.39, 0.29) is 17.8 Å². The molecule has 0 spiro atoms. The summed E-state index contributed by atoms with van der Waals surface area (Å²) in [4.78, 5) is 12.8. The molecule has 1 saturated heterocycles. The van der Waals surface area contributed by atoms with Crippen molar-refractivity contribution < 1.29 is 14.1 Å². The Kier molecular flexibility index (Phi) is 7.50. The maximum absolute atomic E-state index is 13.9. The fourth-order valence-corrected chi connectivity index (χ4v) is 7.71. The van der Waals surface area contributed by atoms with E-state index in [4.69, 9.17) is 4.74 Å². The van der Waals surface area contributed by atoms with Gasteiger partial charge in [-0.15, -0.1) is 0 Å². The SMILES string of the molecule is C[C@@H](C(=O)OC(C)(C)C)[C@H](C/C=C/P1(=O)N(C)[C@@H]2CCCC[C@H]2N1C)c1ccccc1. The number of hydrogen-bond donors (Lipinski definition) is 0. The Morgan fingerprint density at radius 1 is 1.13 bits per heavy atom. The Bertz CT molecular complexity index is 811. The highest BCUT2D eigenvalue weighted by molar-refractivity contribution is 7.62. The van der Waals surface area contributed by atoms with Gasteiger partial charge in [0, 0.05) is 23.8 Å². The zero-order valence-corrected chi connectivity index (χ0v) is 20.8. The van der Waals surface area contributed by atoms with Crippen LogP contribution in [0.15, 0.2) is 42.2 Å². The molecule has 6 heteroatoms. The molecule has 0 bridgehead atoms. The number of allylic oxidation sites excluding steroid dienone is 1. The Morgan fingerprint density at radius 2 is 1.68 bits per heavy atom. The van der Waals surface area contributed by atoms with Gasteiger partial charge in [-0.2, -0.15) is 0 Å². The first-order valence-corrected chi connectivity index (χ1v) is 13.2. The van der Waals surface area contributed by atoms with Crippen LogP contribution in [0.4, 0.5) is 0 Å². The van der Waals surface area contributed by atoms with E-state index in [0.717, 1.165) is 18.4 Å². The maximum atomic E-state index is 13.9. The number of benzene rings is 1. The Morgan fingerprint density at radius 3 is 2.19 bits per heavy atom. The van der Waals surface area contributed by atoms with Crippen LogP contribution in [0, 0.1) is 5.92 Å². The van der Waals surface area contributed by atoms with Gasteiger partial charge in [0.25, 0.3) is 0 Å². The van der Waals surface area contributed by atoms with Crippen LogP contribution in [0.5, 0.6) is 0 Å². The van der Waals surface area contributed by atoms with E-state index < -0.39 is 13.0 Å². The van der Waals surface area contributed by atoms with Gasteiger partial charge in [0.2, 0.25) is 7.44 Å². The molecule has 1 aliphatic carbocycles. The van der Waals surface area contributed by atoms with Gasteiger partial charge >= 0.3 is 5.97 Å². The second-order valence-corrected chi connectivity index (χ2v) is 12.9. The normalized spacial score (nSPS) is 26.5. The second kappa shape index (κ2) is 9.60. The summed E-state index contributed by atoms with van der Waals surface area (Å²) in [7, 11) is 1.30. The van der Waals surface area contributed by atoms with Gasteiger partial charge in [-0.05, 0) is 59.7 Å². The minimum absolute atomic E-state index is 0.0283. The van der Waals surface area contributed by atoms with Gasteiger partial charge in [-0.3, -0.25) is 9.36 Å². The van der Waals surface area contributed by atoms with Crippen LogP contribution < -0.4 is 0 Å². The van der Waals surface area contributed by atoms with Gasteiger partial charge in [0.05, 0.1) is 5.92 Å². The fraction of sp³-hybridized carbons (Fsp3) is 0.640. The van der Waals surface area contributed by atoms with Crippen LogP contribution in [0.25, 0.3) is 0 Å². The molecular formula is C25H39N2O3P. The predicted octanol–water partition coefficient (Wildman–Crippen LogP) is 6.03. The smallest absolute Gasteiger partial charge is 0.309 e. The van der Waals surface area contributed by atoms with Crippen molar-refractivity contribution in [2.75, 3.05) is 14.1 Å². The maximum Gasteiger partial charge on any atom is 0.309 e. The van der Waals surface area contributed by atoms with E-state index in [1.807, 2.05) is 71.9 Å². The molecule has 5 nitrogen and oxygen atoms in total. The molecule has 1 aliphatic heterocycles. The van der Waals surface area contributed by atoms with Gasteiger partial charge in [0.1, 0.15) is 5.60 Å². The lowest BCUT2D eigenvalue weighted by Gasteiger charge is -2.28. The number of likely N-dealkylation sites (N-methyl/N-ethyl adjacent to an activating group) is 2. The molecule has 4 atom stereocenters. The average Bonchev–Trinajstić information content (AvgIpc) is 2.92. The summed E-state index contributed by atoms with van der Waals surface area (Å²) in [5.74, 6) is 1.40. The molecule has 2 aliphatic rings. The monoisotopic (exact) mass is 446 g/mol. The molecule has 172 valence electrons. The van der Waals surface area contributed by atoms with Gasteiger partial charge in [-0.25, -0.2) is 9.34 Å². The van der Waals surface area contributed by atoms with Gasteiger partial charge in [-0.1, -0.05) is 56.2 Å². The predicted molar refractivity (Wildman–Crippen MR) is 127 cm³/mol. The summed E-state index contributed by atoms with van der Waals surface area (Å²) in [5.41, 5.74) is 0.587. The summed E-state index contributed by atoms with van der Waals surface area (Å²) in [5, 5.41) is 0. The molecule has 31 heavy (non-hydrogen) atoms. The largest absolute Gasteiger partial charge is 0.460 e. The standard InChI is InChI=1S/C25H39N2O3P/c1-19(24(28)30-25(2,3)4)21(20-13-8-7-9-14-20)15-12-18-31(29)26(5)22-16-10-11-17-23(22)27(31)6/h7-9,12-14,18-19,21-23H,10-11,15-17H2,1-6H3/b18-12+/t19-,21+,22-,23-/m1/s1. The van der Waals surface area contributed by atoms with E-state index >= 15 is 0 Å². The topological polar surface area (TPSA) is 49.9 Å². The van der Waals surface area contributed by atoms with Crippen LogP contribution in [0.2, 0.25) is 0 Å². The molecule has 0 amide bonds. The highest BCUT2D eigenvalue weighted by Crippen LogP contribution is 2.63. The number of nitrogens with zero attached hydrogens (tertiary/aromatic N) is 2.